The second-order valence-corrected chi connectivity index (χ2v) is 11.9. The molecule has 0 saturated carbocycles. The van der Waals surface area contributed by atoms with E-state index in [0.717, 1.165) is 33.9 Å². The van der Waals surface area contributed by atoms with Crippen LogP contribution in [0.5, 0.6) is 0 Å². The van der Waals surface area contributed by atoms with Gasteiger partial charge < -0.3 is 42.1 Å². The maximum absolute atomic E-state index is 10.5. The molecule has 6 aromatic rings. The minimum atomic E-state index is -0.857. The molecule has 0 saturated heterocycles. The van der Waals surface area contributed by atoms with Crippen LogP contribution in [0.4, 0.5) is 46.5 Å². The average molecular weight is 745 g/mol. The number of hydrogen-bond acceptors (Lipinski definition) is 14. The average Bonchev–Trinajstić information content (AvgIpc) is 3.16. The zero-order valence-electron chi connectivity index (χ0n) is 28.6. The van der Waals surface area contributed by atoms with Crippen LogP contribution in [-0.2, 0) is 0 Å². The van der Waals surface area contributed by atoms with E-state index < -0.39 is 12.5 Å². The van der Waals surface area contributed by atoms with Crippen LogP contribution in [0.25, 0.3) is 12.2 Å². The van der Waals surface area contributed by atoms with Crippen molar-refractivity contribution >= 4 is 118 Å². The van der Waals surface area contributed by atoms with Crippen LogP contribution in [-0.4, -0.2) is 124 Å². The predicted molar refractivity (Wildman–Crippen MR) is 221 cm³/mol. The summed E-state index contributed by atoms with van der Waals surface area (Å²) in [6.45, 7) is 3.67. The first-order chi connectivity index (χ1) is 25.4. The van der Waals surface area contributed by atoms with Gasteiger partial charge in [0, 0.05) is 22.7 Å². The van der Waals surface area contributed by atoms with Gasteiger partial charge >= 0.3 is 59.1 Å². The van der Waals surface area contributed by atoms with Crippen molar-refractivity contribution in [3.8, 4) is 0 Å². The first-order valence-electron chi connectivity index (χ1n) is 16.7. The third-order valence-electron chi connectivity index (χ3n) is 7.78. The Balaban J connectivity index is 0.00000325. The summed E-state index contributed by atoms with van der Waals surface area (Å²) in [5, 5.41) is 39.8. The molecule has 4 aromatic carbocycles. The Morgan fingerprint density at radius 1 is 0.444 bits per heavy atom. The summed E-state index contributed by atoms with van der Waals surface area (Å²) in [5.41, 5.74) is 5.29. The molecule has 8 N–H and O–H groups in total. The van der Waals surface area contributed by atoms with Crippen LogP contribution in [0.1, 0.15) is 25.0 Å². The van der Waals surface area contributed by atoms with Gasteiger partial charge in [-0.2, -0.15) is 9.97 Å². The molecule has 0 aliphatic rings. The van der Waals surface area contributed by atoms with E-state index >= 15 is 0 Å². The molecular formula is C38H42N12Na2O2. The summed E-state index contributed by atoms with van der Waals surface area (Å²) in [5.74, 6) is 1.43. The van der Waals surface area contributed by atoms with Gasteiger partial charge in [0.05, 0.1) is 12.1 Å². The fourth-order valence-electron chi connectivity index (χ4n) is 4.88. The van der Waals surface area contributed by atoms with Crippen molar-refractivity contribution in [1.29, 1.82) is 0 Å². The van der Waals surface area contributed by atoms with E-state index in [1.165, 1.54) is 12.7 Å². The standard InChI is InChI=1S/C38H40N12O2.2Na.2H/c1-25(33(51)45-29-9-5-3-6-10-29)43-35-39-23-41-37(49-35)47-31-19-15-27(16-20-31)13-14-28-17-21-32(22-18-28)48-38-42-24-40-36(50-38)44-26(2)34(52)46-30-11-7-4-8-12-30;;;;/h3-26,33-34,45-46,51-52H,1-2H3,(H2,39,41,43,47,49)(H2,40,42,44,48,50);;;;. The molecule has 14 nitrogen and oxygen atoms in total. The zero-order chi connectivity index (χ0) is 36.1. The Kier molecular flexibility index (Phi) is 16.6. The van der Waals surface area contributed by atoms with Crippen molar-refractivity contribution in [2.45, 2.75) is 38.4 Å². The van der Waals surface area contributed by atoms with Crippen molar-refractivity contribution in [3.05, 3.63) is 133 Å². The quantitative estimate of drug-likeness (QED) is 0.0380. The van der Waals surface area contributed by atoms with Gasteiger partial charge in [-0.3, -0.25) is 0 Å². The Hall–Kier alpha value is -4.64. The number of para-hydroxylation sites is 2. The normalized spacial score (nSPS) is 12.9. The number of aromatic nitrogens is 6. The molecule has 0 radical (unpaired) electrons. The van der Waals surface area contributed by atoms with Gasteiger partial charge in [0.25, 0.3) is 0 Å². The van der Waals surface area contributed by atoms with E-state index in [1.54, 1.807) is 0 Å². The SMILES string of the molecule is CC(Nc1ncnc(Nc2ccc(C=Cc3ccc(Nc4ncnc(NC(C)C(O)Nc5ccccc5)n4)cc3)cc2)n1)C(O)Nc1ccccc1.[NaH].[NaH]. The summed E-state index contributed by atoms with van der Waals surface area (Å²) in [4.78, 5) is 25.7. The number of aliphatic hydroxyl groups excluding tert-OH is 2. The van der Waals surface area contributed by atoms with Crippen LogP contribution in [0.15, 0.2) is 122 Å². The first kappa shape index (κ1) is 42.1. The number of nitrogens with one attached hydrogen (secondary N) is 6. The molecule has 4 unspecified atom stereocenters. The van der Waals surface area contributed by atoms with Crippen LogP contribution in [0, 0.1) is 0 Å². The van der Waals surface area contributed by atoms with Gasteiger partial charge in [0.15, 0.2) is 0 Å². The number of benzene rings is 4. The van der Waals surface area contributed by atoms with Crippen molar-refractivity contribution in [1.82, 2.24) is 29.9 Å². The fraction of sp³-hybridized carbons (Fsp3) is 0.158. The maximum atomic E-state index is 10.5. The molecule has 0 aliphatic carbocycles. The van der Waals surface area contributed by atoms with E-state index in [-0.39, 0.29) is 71.2 Å². The Bertz CT molecular complexity index is 1880. The van der Waals surface area contributed by atoms with E-state index in [4.69, 9.17) is 0 Å². The van der Waals surface area contributed by atoms with Gasteiger partial charge in [0.1, 0.15) is 25.1 Å². The molecule has 0 spiro atoms. The van der Waals surface area contributed by atoms with E-state index in [0.29, 0.717) is 23.8 Å². The summed E-state index contributed by atoms with van der Waals surface area (Å²) < 4.78 is 0. The molecule has 0 bridgehead atoms. The monoisotopic (exact) mass is 744 g/mol. The fourth-order valence-corrected chi connectivity index (χ4v) is 4.88. The third-order valence-corrected chi connectivity index (χ3v) is 7.78. The summed E-state index contributed by atoms with van der Waals surface area (Å²) in [7, 11) is 0. The number of anilines is 8. The van der Waals surface area contributed by atoms with Crippen molar-refractivity contribution in [3.63, 3.8) is 0 Å². The molecule has 16 heteroatoms. The molecule has 6 rings (SSSR count). The first-order valence-corrected chi connectivity index (χ1v) is 16.7. The van der Waals surface area contributed by atoms with Gasteiger partial charge in [-0.1, -0.05) is 72.8 Å². The van der Waals surface area contributed by atoms with E-state index in [9.17, 15) is 10.2 Å². The van der Waals surface area contributed by atoms with Crippen molar-refractivity contribution < 1.29 is 10.2 Å². The van der Waals surface area contributed by atoms with Crippen molar-refractivity contribution in [2.24, 2.45) is 0 Å². The molecule has 4 atom stereocenters. The number of rotatable bonds is 16. The van der Waals surface area contributed by atoms with Crippen molar-refractivity contribution in [2.75, 3.05) is 31.9 Å². The van der Waals surface area contributed by atoms with Gasteiger partial charge in [0.2, 0.25) is 23.8 Å². The Morgan fingerprint density at radius 2 is 0.796 bits per heavy atom. The second-order valence-electron chi connectivity index (χ2n) is 11.9. The van der Waals surface area contributed by atoms with Gasteiger partial charge in [-0.25, -0.2) is 19.9 Å². The second kappa shape index (κ2) is 21.3. The van der Waals surface area contributed by atoms with E-state index in [1.807, 2.05) is 135 Å². The third kappa shape index (κ3) is 13.0. The topological polar surface area (TPSA) is 190 Å². The minimum absolute atomic E-state index is 0. The molecule has 0 amide bonds. The van der Waals surface area contributed by atoms with E-state index in [2.05, 4.69) is 61.8 Å². The molecule has 2 aromatic heterocycles. The van der Waals surface area contributed by atoms with Crippen LogP contribution in [0.3, 0.4) is 0 Å². The molecule has 0 fully saturated rings. The Labute approximate surface area is 358 Å². The van der Waals surface area contributed by atoms with Gasteiger partial charge in [-0.15, -0.1) is 0 Å². The summed E-state index contributed by atoms with van der Waals surface area (Å²) >= 11 is 0. The number of nitrogens with zero attached hydrogens (tertiary/aromatic N) is 6. The Morgan fingerprint density at radius 3 is 1.17 bits per heavy atom. The van der Waals surface area contributed by atoms with Crippen LogP contribution < -0.4 is 31.9 Å². The van der Waals surface area contributed by atoms with Gasteiger partial charge in [-0.05, 0) is 73.5 Å². The van der Waals surface area contributed by atoms with Crippen LogP contribution in [0.2, 0.25) is 0 Å². The number of hydrogen-bond donors (Lipinski definition) is 8. The molecule has 268 valence electrons. The predicted octanol–water partition coefficient (Wildman–Crippen LogP) is 4.88. The molecular weight excluding hydrogens is 702 g/mol. The molecule has 54 heavy (non-hydrogen) atoms. The number of aliphatic hydroxyl groups is 2. The summed E-state index contributed by atoms with van der Waals surface area (Å²) in [6, 6.07) is 34.0. The zero-order valence-corrected chi connectivity index (χ0v) is 28.6. The van der Waals surface area contributed by atoms with Crippen LogP contribution >= 0.6 is 0 Å². The summed E-state index contributed by atoms with van der Waals surface area (Å²) in [6.07, 6.45) is 5.17. The molecule has 2 heterocycles. The molecule has 0 aliphatic heterocycles.